The summed E-state index contributed by atoms with van der Waals surface area (Å²) in [7, 11) is 2.47. The van der Waals surface area contributed by atoms with E-state index in [0.29, 0.717) is 10.5 Å². The minimum Gasteiger partial charge on any atom is -0.493 e. The Morgan fingerprint density at radius 1 is 1.06 bits per heavy atom. The van der Waals surface area contributed by atoms with Crippen LogP contribution in [0, 0.1) is 10.1 Å². The minimum absolute atomic E-state index is 0.0147. The fourth-order valence-electron chi connectivity index (χ4n) is 2.73. The second-order valence-corrected chi connectivity index (χ2v) is 6.41. The van der Waals surface area contributed by atoms with Crippen LogP contribution in [-0.4, -0.2) is 55.2 Å². The molecule has 2 aromatic rings. The monoisotopic (exact) mass is 456 g/mol. The summed E-state index contributed by atoms with van der Waals surface area (Å²) in [6.07, 6.45) is -4.68. The molecule has 12 heteroatoms. The number of hydrogen-bond acceptors (Lipinski definition) is 7. The van der Waals surface area contributed by atoms with Crippen LogP contribution in [0.4, 0.5) is 18.9 Å². The predicted molar refractivity (Wildman–Crippen MR) is 104 cm³/mol. The van der Waals surface area contributed by atoms with Gasteiger partial charge in [-0.15, -0.1) is 0 Å². The third kappa shape index (κ3) is 6.59. The van der Waals surface area contributed by atoms with Gasteiger partial charge in [0.15, 0.2) is 18.1 Å². The van der Waals surface area contributed by atoms with E-state index in [1.807, 2.05) is 0 Å². The zero-order valence-electron chi connectivity index (χ0n) is 17.0. The molecular formula is C20H19F3N2O7. The Balaban J connectivity index is 2.20. The summed E-state index contributed by atoms with van der Waals surface area (Å²) in [5, 5.41) is 11.3. The highest BCUT2D eigenvalue weighted by Crippen LogP contribution is 2.34. The van der Waals surface area contributed by atoms with E-state index in [1.54, 1.807) is 18.2 Å². The van der Waals surface area contributed by atoms with E-state index in [4.69, 9.17) is 14.2 Å². The van der Waals surface area contributed by atoms with Crippen molar-refractivity contribution < 1.29 is 41.9 Å². The maximum atomic E-state index is 12.9. The molecule has 0 N–H and O–H groups in total. The Kier molecular flexibility index (Phi) is 7.99. The van der Waals surface area contributed by atoms with Crippen molar-refractivity contribution in [3.8, 4) is 11.5 Å². The number of methoxy groups -OCH3 is 2. The highest BCUT2D eigenvalue weighted by atomic mass is 19.4. The Labute approximate surface area is 180 Å². The summed E-state index contributed by atoms with van der Waals surface area (Å²) in [6, 6.07) is 9.86. The summed E-state index contributed by atoms with van der Waals surface area (Å²) in [6.45, 7) is -2.98. The standard InChI is InChI=1S/C20H19F3N2O7/c1-30-16-8-14(15(25(28)29)9-17(16)31-2)19(27)32-11-18(26)24(12-20(21,22)23)10-13-6-4-3-5-7-13/h3-9H,10-12H2,1-2H3. The SMILES string of the molecule is COc1cc(C(=O)OCC(=O)N(Cc2ccccc2)CC(F)(F)F)c([N+](=O)[O-])cc1OC. The summed E-state index contributed by atoms with van der Waals surface area (Å²) < 4.78 is 53.5. The van der Waals surface area contributed by atoms with Crippen LogP contribution in [0.1, 0.15) is 15.9 Å². The number of amides is 1. The van der Waals surface area contributed by atoms with Gasteiger partial charge in [0.25, 0.3) is 11.6 Å². The Hall–Kier alpha value is -3.83. The molecule has 2 rings (SSSR count). The van der Waals surface area contributed by atoms with Crippen LogP contribution in [0.5, 0.6) is 11.5 Å². The first-order chi connectivity index (χ1) is 15.1. The first kappa shape index (κ1) is 24.4. The van der Waals surface area contributed by atoms with E-state index in [1.165, 1.54) is 26.4 Å². The summed E-state index contributed by atoms with van der Waals surface area (Å²) in [4.78, 5) is 35.7. The zero-order valence-corrected chi connectivity index (χ0v) is 17.0. The minimum atomic E-state index is -4.68. The highest BCUT2D eigenvalue weighted by Gasteiger charge is 2.34. The average Bonchev–Trinajstić information content (AvgIpc) is 2.75. The first-order valence-corrected chi connectivity index (χ1v) is 9.01. The fraction of sp³-hybridized carbons (Fsp3) is 0.300. The number of nitro benzene ring substituents is 1. The number of halogens is 3. The smallest absolute Gasteiger partial charge is 0.406 e. The quantitative estimate of drug-likeness (QED) is 0.323. The van der Waals surface area contributed by atoms with Gasteiger partial charge in [0.2, 0.25) is 0 Å². The predicted octanol–water partition coefficient (Wildman–Crippen LogP) is 3.36. The van der Waals surface area contributed by atoms with E-state index in [0.717, 1.165) is 12.1 Å². The number of rotatable bonds is 9. The van der Waals surface area contributed by atoms with Gasteiger partial charge in [0, 0.05) is 12.6 Å². The number of carbonyl (C=O) groups excluding carboxylic acids is 2. The third-order valence-electron chi connectivity index (χ3n) is 4.18. The Morgan fingerprint density at radius 3 is 2.19 bits per heavy atom. The maximum absolute atomic E-state index is 12.9. The van der Waals surface area contributed by atoms with E-state index in [9.17, 15) is 32.9 Å². The molecule has 0 aliphatic rings. The van der Waals surface area contributed by atoms with Crippen LogP contribution in [-0.2, 0) is 16.1 Å². The maximum Gasteiger partial charge on any atom is 0.406 e. The van der Waals surface area contributed by atoms with E-state index >= 15 is 0 Å². The molecular weight excluding hydrogens is 437 g/mol. The molecule has 172 valence electrons. The van der Waals surface area contributed by atoms with Crippen molar-refractivity contribution in [2.45, 2.75) is 12.7 Å². The first-order valence-electron chi connectivity index (χ1n) is 9.01. The molecule has 0 unspecified atom stereocenters. The summed E-state index contributed by atoms with van der Waals surface area (Å²) >= 11 is 0. The van der Waals surface area contributed by atoms with Crippen LogP contribution in [0.25, 0.3) is 0 Å². The van der Waals surface area contributed by atoms with E-state index in [-0.39, 0.29) is 18.0 Å². The summed E-state index contributed by atoms with van der Waals surface area (Å²) in [5.74, 6) is -2.44. The van der Waals surface area contributed by atoms with Gasteiger partial charge in [-0.2, -0.15) is 13.2 Å². The molecule has 0 aliphatic carbocycles. The number of benzene rings is 2. The lowest BCUT2D eigenvalue weighted by Crippen LogP contribution is -2.40. The molecule has 0 saturated heterocycles. The number of esters is 1. The van der Waals surface area contributed by atoms with Crippen molar-refractivity contribution in [3.05, 3.63) is 63.7 Å². The average molecular weight is 456 g/mol. The van der Waals surface area contributed by atoms with Crippen LogP contribution in [0.2, 0.25) is 0 Å². The van der Waals surface area contributed by atoms with Gasteiger partial charge in [0.05, 0.1) is 25.2 Å². The Morgan fingerprint density at radius 2 is 1.66 bits per heavy atom. The second-order valence-electron chi connectivity index (χ2n) is 6.41. The summed E-state index contributed by atoms with van der Waals surface area (Å²) in [5.41, 5.74) is -0.797. The van der Waals surface area contributed by atoms with Gasteiger partial charge in [0.1, 0.15) is 12.1 Å². The Bertz CT molecular complexity index is 981. The molecule has 32 heavy (non-hydrogen) atoms. The zero-order chi connectivity index (χ0) is 23.9. The van der Waals surface area contributed by atoms with Crippen LogP contribution in [0.3, 0.4) is 0 Å². The molecule has 0 heterocycles. The molecule has 0 atom stereocenters. The van der Waals surface area contributed by atoms with Gasteiger partial charge in [-0.05, 0) is 5.56 Å². The van der Waals surface area contributed by atoms with E-state index < -0.39 is 47.4 Å². The molecule has 1 amide bonds. The van der Waals surface area contributed by atoms with Crippen molar-refractivity contribution in [1.29, 1.82) is 0 Å². The molecule has 0 fully saturated rings. The molecule has 2 aromatic carbocycles. The number of alkyl halides is 3. The van der Waals surface area contributed by atoms with Crippen LogP contribution >= 0.6 is 0 Å². The molecule has 0 aliphatic heterocycles. The highest BCUT2D eigenvalue weighted by molar-refractivity contribution is 5.96. The largest absolute Gasteiger partial charge is 0.493 e. The number of nitro groups is 1. The van der Waals surface area contributed by atoms with Crippen molar-refractivity contribution in [2.24, 2.45) is 0 Å². The normalized spacial score (nSPS) is 10.9. The number of carbonyl (C=O) groups is 2. The third-order valence-corrected chi connectivity index (χ3v) is 4.18. The van der Waals surface area contributed by atoms with Gasteiger partial charge < -0.3 is 19.1 Å². The molecule has 0 aromatic heterocycles. The molecule has 0 saturated carbocycles. The van der Waals surface area contributed by atoms with Gasteiger partial charge >= 0.3 is 12.1 Å². The van der Waals surface area contributed by atoms with Gasteiger partial charge in [-0.1, -0.05) is 30.3 Å². The number of hydrogen-bond donors (Lipinski definition) is 0. The van der Waals surface area contributed by atoms with Crippen molar-refractivity contribution in [3.63, 3.8) is 0 Å². The number of nitrogens with zero attached hydrogens (tertiary/aromatic N) is 2. The van der Waals surface area contributed by atoms with E-state index in [2.05, 4.69) is 0 Å². The van der Waals surface area contributed by atoms with Crippen LogP contribution < -0.4 is 9.47 Å². The van der Waals surface area contributed by atoms with Crippen molar-refractivity contribution >= 4 is 17.6 Å². The number of ether oxygens (including phenoxy) is 3. The second kappa shape index (κ2) is 10.5. The van der Waals surface area contributed by atoms with Crippen LogP contribution in [0.15, 0.2) is 42.5 Å². The lowest BCUT2D eigenvalue weighted by atomic mass is 10.1. The van der Waals surface area contributed by atoms with Crippen molar-refractivity contribution in [2.75, 3.05) is 27.4 Å². The van der Waals surface area contributed by atoms with Gasteiger partial charge in [-0.25, -0.2) is 4.79 Å². The van der Waals surface area contributed by atoms with Crippen molar-refractivity contribution in [1.82, 2.24) is 4.90 Å². The van der Waals surface area contributed by atoms with Gasteiger partial charge in [-0.3, -0.25) is 14.9 Å². The molecule has 0 spiro atoms. The molecule has 0 radical (unpaired) electrons. The molecule has 9 nitrogen and oxygen atoms in total. The molecule has 0 bridgehead atoms. The lowest BCUT2D eigenvalue weighted by Gasteiger charge is -2.24. The lowest BCUT2D eigenvalue weighted by molar-refractivity contribution is -0.385. The fourth-order valence-corrected chi connectivity index (χ4v) is 2.73. The topological polar surface area (TPSA) is 108 Å².